The van der Waals surface area contributed by atoms with Crippen LogP contribution in [0.5, 0.6) is 0 Å². The highest BCUT2D eigenvalue weighted by Gasteiger charge is 2.30. The lowest BCUT2D eigenvalue weighted by Gasteiger charge is -2.19. The summed E-state index contributed by atoms with van der Waals surface area (Å²) in [6.45, 7) is 1.90. The van der Waals surface area contributed by atoms with Crippen LogP contribution in [-0.2, 0) is 9.59 Å². The predicted molar refractivity (Wildman–Crippen MR) is 65.6 cm³/mol. The van der Waals surface area contributed by atoms with Gasteiger partial charge in [0, 0.05) is 12.6 Å². The standard InChI is InChI=1S/C12H12N4O3/c1-7-4-5-15-9(6-7)14-16(12(15)19)8-2-3-10(17)13-11(8)18/h4-6,8H,2-3H2,1H3,(H,13,17,18). The van der Waals surface area contributed by atoms with Gasteiger partial charge in [0.1, 0.15) is 6.04 Å². The van der Waals surface area contributed by atoms with Crippen LogP contribution in [0.15, 0.2) is 23.1 Å². The lowest BCUT2D eigenvalue weighted by Crippen LogP contribution is -2.44. The van der Waals surface area contributed by atoms with Crippen molar-refractivity contribution in [3.63, 3.8) is 0 Å². The molecule has 0 spiro atoms. The smallest absolute Gasteiger partial charge is 0.295 e. The molecule has 19 heavy (non-hydrogen) atoms. The first-order chi connectivity index (χ1) is 9.06. The van der Waals surface area contributed by atoms with Crippen molar-refractivity contribution >= 4 is 17.5 Å². The molecule has 0 aromatic carbocycles. The summed E-state index contributed by atoms with van der Waals surface area (Å²) in [7, 11) is 0. The second-order valence-electron chi connectivity index (χ2n) is 4.63. The van der Waals surface area contributed by atoms with Gasteiger partial charge >= 0.3 is 5.69 Å². The fourth-order valence-corrected chi connectivity index (χ4v) is 2.21. The molecule has 3 rings (SSSR count). The summed E-state index contributed by atoms with van der Waals surface area (Å²) in [5.41, 5.74) is 1.10. The van der Waals surface area contributed by atoms with Gasteiger partial charge in [-0.15, -0.1) is 5.10 Å². The van der Waals surface area contributed by atoms with Gasteiger partial charge < -0.3 is 0 Å². The first-order valence-corrected chi connectivity index (χ1v) is 5.97. The zero-order valence-corrected chi connectivity index (χ0v) is 10.3. The number of carbonyl (C=O) groups is 2. The molecule has 2 aromatic heterocycles. The van der Waals surface area contributed by atoms with E-state index in [1.165, 1.54) is 4.40 Å². The van der Waals surface area contributed by atoms with Crippen LogP contribution >= 0.6 is 0 Å². The van der Waals surface area contributed by atoms with Crippen LogP contribution in [0.3, 0.4) is 0 Å². The zero-order chi connectivity index (χ0) is 13.6. The maximum atomic E-state index is 12.2. The second-order valence-corrected chi connectivity index (χ2v) is 4.63. The Kier molecular flexibility index (Phi) is 2.48. The molecule has 7 heteroatoms. The topological polar surface area (TPSA) is 85.5 Å². The molecule has 7 nitrogen and oxygen atoms in total. The molecule has 98 valence electrons. The van der Waals surface area contributed by atoms with E-state index in [0.717, 1.165) is 10.2 Å². The third-order valence-corrected chi connectivity index (χ3v) is 3.21. The number of imide groups is 1. The van der Waals surface area contributed by atoms with Crippen molar-refractivity contribution < 1.29 is 9.59 Å². The highest BCUT2D eigenvalue weighted by Crippen LogP contribution is 2.16. The molecular weight excluding hydrogens is 248 g/mol. The van der Waals surface area contributed by atoms with E-state index in [4.69, 9.17) is 0 Å². The number of piperidine rings is 1. The molecule has 1 N–H and O–H groups in total. The van der Waals surface area contributed by atoms with Crippen molar-refractivity contribution in [3.8, 4) is 0 Å². The van der Waals surface area contributed by atoms with E-state index in [2.05, 4.69) is 10.4 Å². The zero-order valence-electron chi connectivity index (χ0n) is 10.3. The van der Waals surface area contributed by atoms with Crippen LogP contribution in [0.25, 0.3) is 5.65 Å². The molecule has 0 saturated carbocycles. The highest BCUT2D eigenvalue weighted by atomic mass is 16.2. The van der Waals surface area contributed by atoms with Crippen LogP contribution in [0.1, 0.15) is 24.4 Å². The molecular formula is C12H12N4O3. The molecule has 0 bridgehead atoms. The van der Waals surface area contributed by atoms with Crippen molar-refractivity contribution in [2.45, 2.75) is 25.8 Å². The third-order valence-electron chi connectivity index (χ3n) is 3.21. The Bertz CT molecular complexity index is 743. The van der Waals surface area contributed by atoms with Gasteiger partial charge in [-0.25, -0.2) is 4.79 Å². The van der Waals surface area contributed by atoms with Gasteiger partial charge in [0.2, 0.25) is 5.91 Å². The summed E-state index contributed by atoms with van der Waals surface area (Å²) >= 11 is 0. The molecule has 2 aromatic rings. The van der Waals surface area contributed by atoms with Gasteiger partial charge in [0.25, 0.3) is 5.91 Å². The number of nitrogens with one attached hydrogen (secondary N) is 1. The average Bonchev–Trinajstić information content (AvgIpc) is 2.66. The van der Waals surface area contributed by atoms with Crippen LogP contribution in [0, 0.1) is 6.92 Å². The van der Waals surface area contributed by atoms with Crippen molar-refractivity contribution in [3.05, 3.63) is 34.4 Å². The van der Waals surface area contributed by atoms with E-state index in [1.807, 2.05) is 6.92 Å². The number of fused-ring (bicyclic) bond motifs is 1. The molecule has 1 unspecified atom stereocenters. The average molecular weight is 260 g/mol. The Morgan fingerprint density at radius 3 is 2.89 bits per heavy atom. The van der Waals surface area contributed by atoms with Crippen LogP contribution in [0.2, 0.25) is 0 Å². The lowest BCUT2D eigenvalue weighted by atomic mass is 10.1. The summed E-state index contributed by atoms with van der Waals surface area (Å²) < 4.78 is 2.53. The fraction of sp³-hybridized carbons (Fsp3) is 0.333. The molecule has 3 heterocycles. The summed E-state index contributed by atoms with van der Waals surface area (Å²) in [6.07, 6.45) is 2.14. The van der Waals surface area contributed by atoms with E-state index in [0.29, 0.717) is 12.1 Å². The summed E-state index contributed by atoms with van der Waals surface area (Å²) in [4.78, 5) is 35.0. The minimum Gasteiger partial charge on any atom is -0.295 e. The number of amides is 2. The lowest BCUT2D eigenvalue weighted by molar-refractivity contribution is -0.136. The van der Waals surface area contributed by atoms with Crippen molar-refractivity contribution in [2.75, 3.05) is 0 Å². The molecule has 2 amide bonds. The SMILES string of the molecule is Cc1ccn2c(=O)n(C3CCC(=O)NC3=O)nc2c1. The maximum absolute atomic E-state index is 12.2. The molecule has 1 saturated heterocycles. The Balaban J connectivity index is 2.10. The van der Waals surface area contributed by atoms with E-state index in [1.54, 1.807) is 18.3 Å². The number of aromatic nitrogens is 3. The Labute approximate surface area is 107 Å². The Morgan fingerprint density at radius 1 is 1.37 bits per heavy atom. The van der Waals surface area contributed by atoms with Crippen molar-refractivity contribution in [1.82, 2.24) is 19.5 Å². The largest absolute Gasteiger partial charge is 0.351 e. The van der Waals surface area contributed by atoms with Gasteiger partial charge in [0.05, 0.1) is 0 Å². The number of carbonyl (C=O) groups excluding carboxylic acids is 2. The number of hydrogen-bond acceptors (Lipinski definition) is 4. The third kappa shape index (κ3) is 1.83. The van der Waals surface area contributed by atoms with Gasteiger partial charge in [-0.2, -0.15) is 4.68 Å². The van der Waals surface area contributed by atoms with E-state index in [-0.39, 0.29) is 18.0 Å². The highest BCUT2D eigenvalue weighted by molar-refractivity contribution is 5.99. The fourth-order valence-electron chi connectivity index (χ4n) is 2.21. The van der Waals surface area contributed by atoms with Gasteiger partial charge in [-0.05, 0) is 31.0 Å². The molecule has 1 aliphatic heterocycles. The number of aryl methyl sites for hydroxylation is 1. The predicted octanol–water partition coefficient (Wildman–Crippen LogP) is -0.218. The Hall–Kier alpha value is -2.44. The first kappa shape index (κ1) is 11.6. The van der Waals surface area contributed by atoms with Crippen molar-refractivity contribution in [1.29, 1.82) is 0 Å². The van der Waals surface area contributed by atoms with Crippen molar-refractivity contribution in [2.24, 2.45) is 0 Å². The van der Waals surface area contributed by atoms with Crippen LogP contribution < -0.4 is 11.0 Å². The summed E-state index contributed by atoms with van der Waals surface area (Å²) in [6, 6.07) is 2.85. The number of pyridine rings is 1. The number of rotatable bonds is 1. The Morgan fingerprint density at radius 2 is 2.16 bits per heavy atom. The minimum atomic E-state index is -0.717. The summed E-state index contributed by atoms with van der Waals surface area (Å²) in [5.74, 6) is -0.785. The molecule has 0 aliphatic carbocycles. The normalized spacial score (nSPS) is 19.7. The first-order valence-electron chi connectivity index (χ1n) is 5.97. The monoisotopic (exact) mass is 260 g/mol. The molecule has 1 atom stereocenters. The van der Waals surface area contributed by atoms with E-state index >= 15 is 0 Å². The number of nitrogens with zero attached hydrogens (tertiary/aromatic N) is 3. The molecule has 0 radical (unpaired) electrons. The molecule has 1 aliphatic rings. The van der Waals surface area contributed by atoms with E-state index < -0.39 is 11.9 Å². The maximum Gasteiger partial charge on any atom is 0.351 e. The minimum absolute atomic E-state index is 0.218. The van der Waals surface area contributed by atoms with Gasteiger partial charge in [-0.1, -0.05) is 0 Å². The second kappa shape index (κ2) is 4.04. The van der Waals surface area contributed by atoms with Crippen LogP contribution in [0.4, 0.5) is 0 Å². The quantitative estimate of drug-likeness (QED) is 0.718. The number of hydrogen-bond donors (Lipinski definition) is 1. The van der Waals surface area contributed by atoms with Gasteiger partial charge in [0.15, 0.2) is 5.65 Å². The van der Waals surface area contributed by atoms with Crippen LogP contribution in [-0.4, -0.2) is 26.0 Å². The van der Waals surface area contributed by atoms with Gasteiger partial charge in [-0.3, -0.25) is 19.3 Å². The van der Waals surface area contributed by atoms with E-state index in [9.17, 15) is 14.4 Å². The molecule has 1 fully saturated rings. The summed E-state index contributed by atoms with van der Waals surface area (Å²) in [5, 5.41) is 6.39.